The van der Waals surface area contributed by atoms with Gasteiger partial charge in [0.25, 0.3) is 0 Å². The van der Waals surface area contributed by atoms with Crippen molar-refractivity contribution in [3.63, 3.8) is 0 Å². The Morgan fingerprint density at radius 2 is 1.71 bits per heavy atom. The number of benzene rings is 2. The lowest BCUT2D eigenvalue weighted by Crippen LogP contribution is -2.26. The number of aryl methyl sites for hydroxylation is 1. The number of rotatable bonds is 4. The van der Waals surface area contributed by atoms with Crippen LogP contribution in [-0.4, -0.2) is 10.2 Å². The van der Waals surface area contributed by atoms with Gasteiger partial charge in [0.2, 0.25) is 0 Å². The zero-order chi connectivity index (χ0) is 17.3. The zero-order valence-electron chi connectivity index (χ0n) is 14.7. The van der Waals surface area contributed by atoms with Crippen LogP contribution in [0, 0.1) is 4.64 Å². The second kappa shape index (κ2) is 6.40. The Kier molecular flexibility index (Phi) is 4.46. The van der Waals surface area contributed by atoms with Gasteiger partial charge in [-0.3, -0.25) is 0 Å². The van der Waals surface area contributed by atoms with Gasteiger partial charge < -0.3 is 9.30 Å². The lowest BCUT2D eigenvalue weighted by Gasteiger charge is -2.25. The largest absolute Gasteiger partial charge is 0.488 e. The molecule has 0 aliphatic rings. The Morgan fingerprint density at radius 3 is 2.38 bits per heavy atom. The number of hydrogen-bond donors (Lipinski definition) is 0. The van der Waals surface area contributed by atoms with E-state index in [4.69, 9.17) is 17.0 Å². The van der Waals surface area contributed by atoms with Gasteiger partial charge in [-0.05, 0) is 55.5 Å². The van der Waals surface area contributed by atoms with Gasteiger partial charge in [-0.2, -0.15) is 0 Å². The van der Waals surface area contributed by atoms with Crippen LogP contribution < -0.4 is 4.74 Å². The van der Waals surface area contributed by atoms with Gasteiger partial charge in [-0.15, -0.1) is 0 Å². The van der Waals surface area contributed by atoms with Crippen LogP contribution in [-0.2, 0) is 7.05 Å². The van der Waals surface area contributed by atoms with Crippen LogP contribution in [0.1, 0.15) is 27.2 Å². The van der Waals surface area contributed by atoms with E-state index < -0.39 is 0 Å². The molecule has 0 radical (unpaired) electrons. The molecule has 2 aromatic carbocycles. The van der Waals surface area contributed by atoms with Crippen molar-refractivity contribution in [2.24, 2.45) is 7.05 Å². The van der Waals surface area contributed by atoms with Crippen LogP contribution in [0.4, 0.5) is 0 Å². The van der Waals surface area contributed by atoms with E-state index >= 15 is 0 Å². The Balaban J connectivity index is 2.02. The summed E-state index contributed by atoms with van der Waals surface area (Å²) in [6.45, 7) is 6.34. The molecule has 0 bridgehead atoms. The van der Waals surface area contributed by atoms with Gasteiger partial charge in [0.15, 0.2) is 0 Å². The van der Waals surface area contributed by atoms with E-state index in [0.29, 0.717) is 0 Å². The van der Waals surface area contributed by atoms with Crippen LogP contribution >= 0.6 is 12.2 Å². The highest BCUT2D eigenvalue weighted by Crippen LogP contribution is 2.29. The first-order chi connectivity index (χ1) is 11.4. The molecule has 0 saturated carbocycles. The highest BCUT2D eigenvalue weighted by molar-refractivity contribution is 7.71. The molecule has 3 aromatic rings. The third kappa shape index (κ3) is 3.22. The van der Waals surface area contributed by atoms with E-state index in [0.717, 1.165) is 33.5 Å². The van der Waals surface area contributed by atoms with E-state index in [-0.39, 0.29) is 5.60 Å². The summed E-state index contributed by atoms with van der Waals surface area (Å²) < 4.78 is 8.95. The average molecular weight is 337 g/mol. The van der Waals surface area contributed by atoms with E-state index in [9.17, 15) is 0 Å². The Bertz CT molecular complexity index is 923. The van der Waals surface area contributed by atoms with E-state index in [1.54, 1.807) is 0 Å². The molecule has 0 atom stereocenters. The normalized spacial score (nSPS) is 11.7. The summed E-state index contributed by atoms with van der Waals surface area (Å²) in [4.78, 5) is 0. The summed E-state index contributed by atoms with van der Waals surface area (Å²) in [6.07, 6.45) is 0.964. The summed E-state index contributed by atoms with van der Waals surface area (Å²) in [5.41, 5.74) is 3.19. The van der Waals surface area contributed by atoms with Crippen molar-refractivity contribution in [1.82, 2.24) is 4.57 Å². The van der Waals surface area contributed by atoms with Crippen LogP contribution in [0.15, 0.2) is 54.6 Å². The average Bonchev–Trinajstić information content (AvgIpc) is 2.59. The molecule has 0 fully saturated rings. The Morgan fingerprint density at radius 1 is 1.04 bits per heavy atom. The van der Waals surface area contributed by atoms with Crippen molar-refractivity contribution >= 4 is 23.1 Å². The zero-order valence-corrected chi connectivity index (χ0v) is 15.5. The van der Waals surface area contributed by atoms with Gasteiger partial charge in [-0.25, -0.2) is 0 Å². The number of pyridine rings is 1. The molecule has 3 heteroatoms. The van der Waals surface area contributed by atoms with Crippen molar-refractivity contribution in [1.29, 1.82) is 0 Å². The Hall–Kier alpha value is -2.13. The lowest BCUT2D eigenvalue weighted by molar-refractivity contribution is 0.105. The van der Waals surface area contributed by atoms with Gasteiger partial charge in [0, 0.05) is 18.1 Å². The predicted molar refractivity (Wildman–Crippen MR) is 104 cm³/mol. The number of ether oxygens (including phenoxy) is 1. The first-order valence-electron chi connectivity index (χ1n) is 8.29. The minimum atomic E-state index is -0.153. The second-order valence-electron chi connectivity index (χ2n) is 6.72. The monoisotopic (exact) mass is 337 g/mol. The maximum absolute atomic E-state index is 6.03. The Labute approximate surface area is 148 Å². The summed E-state index contributed by atoms with van der Waals surface area (Å²) >= 11 is 5.67. The first-order valence-corrected chi connectivity index (χ1v) is 8.70. The first kappa shape index (κ1) is 16.7. The maximum Gasteiger partial charge on any atom is 0.120 e. The quantitative estimate of drug-likeness (QED) is 0.531. The fourth-order valence-electron chi connectivity index (χ4n) is 2.72. The fourth-order valence-corrected chi connectivity index (χ4v) is 3.00. The number of fused-ring (bicyclic) bond motifs is 1. The van der Waals surface area contributed by atoms with Gasteiger partial charge in [0.1, 0.15) is 16.0 Å². The minimum absolute atomic E-state index is 0.153. The topological polar surface area (TPSA) is 14.2 Å². The lowest BCUT2D eigenvalue weighted by atomic mass is 10.0. The highest BCUT2D eigenvalue weighted by Gasteiger charge is 2.16. The molecule has 3 rings (SSSR count). The molecule has 0 aliphatic carbocycles. The van der Waals surface area contributed by atoms with E-state index in [2.05, 4.69) is 61.7 Å². The number of para-hydroxylation sites is 1. The van der Waals surface area contributed by atoms with E-state index in [1.807, 2.05) is 25.2 Å². The number of hydrogen-bond acceptors (Lipinski definition) is 2. The molecule has 0 N–H and O–H groups in total. The van der Waals surface area contributed by atoms with Crippen molar-refractivity contribution in [2.75, 3.05) is 0 Å². The molecule has 0 aliphatic heterocycles. The second-order valence-corrected chi connectivity index (χ2v) is 7.11. The molecule has 0 spiro atoms. The van der Waals surface area contributed by atoms with Crippen molar-refractivity contribution < 1.29 is 4.74 Å². The predicted octanol–water partition coefficient (Wildman–Crippen LogP) is 6.14. The van der Waals surface area contributed by atoms with Crippen molar-refractivity contribution in [3.8, 4) is 16.9 Å². The number of nitrogens with zero attached hydrogens (tertiary/aromatic N) is 1. The SMILES string of the molecule is CCC(C)(C)Oc1ccc(-c2cc3ccccc3n(C)c2=S)cc1. The van der Waals surface area contributed by atoms with Crippen LogP contribution in [0.25, 0.3) is 22.0 Å². The molecule has 0 saturated heterocycles. The standard InChI is InChI=1S/C21H23NOS/c1-5-21(2,3)23-17-12-10-15(11-13-17)18-14-16-8-6-7-9-19(16)22(4)20(18)24/h6-14H,5H2,1-4H3. The fraction of sp³-hybridized carbons (Fsp3) is 0.286. The molecule has 1 heterocycles. The van der Waals surface area contributed by atoms with Crippen LogP contribution in [0.2, 0.25) is 0 Å². The molecular formula is C21H23NOS. The molecule has 24 heavy (non-hydrogen) atoms. The van der Waals surface area contributed by atoms with Crippen molar-refractivity contribution in [3.05, 3.63) is 59.2 Å². The third-order valence-electron chi connectivity index (χ3n) is 4.54. The summed E-state index contributed by atoms with van der Waals surface area (Å²) in [7, 11) is 2.02. The van der Waals surface area contributed by atoms with Crippen LogP contribution in [0.3, 0.4) is 0 Å². The van der Waals surface area contributed by atoms with Crippen molar-refractivity contribution in [2.45, 2.75) is 32.8 Å². The third-order valence-corrected chi connectivity index (χ3v) is 5.04. The molecule has 1 aromatic heterocycles. The highest BCUT2D eigenvalue weighted by atomic mass is 32.1. The smallest absolute Gasteiger partial charge is 0.120 e. The minimum Gasteiger partial charge on any atom is -0.488 e. The van der Waals surface area contributed by atoms with E-state index in [1.165, 1.54) is 5.39 Å². The summed E-state index contributed by atoms with van der Waals surface area (Å²) in [6, 6.07) is 18.7. The van der Waals surface area contributed by atoms with Gasteiger partial charge >= 0.3 is 0 Å². The molecule has 0 amide bonds. The van der Waals surface area contributed by atoms with Gasteiger partial charge in [0.05, 0.1) is 0 Å². The molecule has 2 nitrogen and oxygen atoms in total. The number of aromatic nitrogens is 1. The maximum atomic E-state index is 6.03. The van der Waals surface area contributed by atoms with Gasteiger partial charge in [-0.1, -0.05) is 49.5 Å². The molecule has 124 valence electrons. The molecular weight excluding hydrogens is 314 g/mol. The summed E-state index contributed by atoms with van der Waals surface area (Å²) in [5, 5.41) is 1.19. The summed E-state index contributed by atoms with van der Waals surface area (Å²) in [5.74, 6) is 0.890. The van der Waals surface area contributed by atoms with Crippen LogP contribution in [0.5, 0.6) is 5.75 Å². The molecule has 0 unspecified atom stereocenters.